The number of carbonyl (C=O) groups excluding carboxylic acids is 1. The highest BCUT2D eigenvalue weighted by atomic mass is 35.5. The van der Waals surface area contributed by atoms with Crippen LogP contribution in [0.5, 0.6) is 0 Å². The largest absolute Gasteiger partial charge is 0.355 e. The fourth-order valence-corrected chi connectivity index (χ4v) is 3.59. The molecule has 28 heavy (non-hydrogen) atoms. The summed E-state index contributed by atoms with van der Waals surface area (Å²) in [5.41, 5.74) is 2.76. The number of amides is 1. The van der Waals surface area contributed by atoms with Crippen LogP contribution in [-0.4, -0.2) is 29.0 Å². The lowest BCUT2D eigenvalue weighted by Gasteiger charge is -2.39. The molecule has 7 heteroatoms. The first-order valence-corrected chi connectivity index (χ1v) is 9.70. The van der Waals surface area contributed by atoms with E-state index in [4.69, 9.17) is 23.2 Å². The third kappa shape index (κ3) is 4.11. The van der Waals surface area contributed by atoms with Crippen LogP contribution in [0.15, 0.2) is 60.9 Å². The molecule has 1 N–H and O–H groups in total. The van der Waals surface area contributed by atoms with Crippen molar-refractivity contribution < 1.29 is 4.79 Å². The summed E-state index contributed by atoms with van der Waals surface area (Å²) in [5.74, 6) is 0.777. The molecule has 1 amide bonds. The fourth-order valence-electron chi connectivity index (χ4n) is 3.11. The Labute approximate surface area is 173 Å². The fraction of sp³-hybridized carbons (Fsp3) is 0.190. The molecular weight excluding hydrogens is 395 g/mol. The molecule has 3 aromatic rings. The van der Waals surface area contributed by atoms with Crippen molar-refractivity contribution in [1.82, 2.24) is 15.3 Å². The van der Waals surface area contributed by atoms with Crippen molar-refractivity contribution in [3.05, 3.63) is 76.5 Å². The van der Waals surface area contributed by atoms with Crippen molar-refractivity contribution in [3.8, 4) is 11.3 Å². The number of hydrogen-bond donors (Lipinski definition) is 1. The number of carbonyl (C=O) groups is 1. The molecule has 0 saturated carbocycles. The van der Waals surface area contributed by atoms with Gasteiger partial charge >= 0.3 is 0 Å². The zero-order chi connectivity index (χ0) is 19.5. The van der Waals surface area contributed by atoms with Crippen molar-refractivity contribution in [2.24, 2.45) is 5.92 Å². The van der Waals surface area contributed by atoms with E-state index in [1.54, 1.807) is 18.5 Å². The second kappa shape index (κ2) is 8.17. The summed E-state index contributed by atoms with van der Waals surface area (Å²) in [4.78, 5) is 23.2. The monoisotopic (exact) mass is 412 g/mol. The van der Waals surface area contributed by atoms with Crippen LogP contribution in [0.2, 0.25) is 10.0 Å². The van der Waals surface area contributed by atoms with Gasteiger partial charge in [0.15, 0.2) is 0 Å². The Hall–Kier alpha value is -2.63. The predicted octanol–water partition coefficient (Wildman–Crippen LogP) is 4.20. The summed E-state index contributed by atoms with van der Waals surface area (Å²) in [6.45, 7) is 1.65. The topological polar surface area (TPSA) is 58.1 Å². The van der Waals surface area contributed by atoms with Gasteiger partial charge in [0.25, 0.3) is 0 Å². The lowest BCUT2D eigenvalue weighted by molar-refractivity contribution is -0.125. The van der Waals surface area contributed by atoms with Gasteiger partial charge in [-0.05, 0) is 17.7 Å². The molecule has 0 radical (unpaired) electrons. The van der Waals surface area contributed by atoms with Crippen LogP contribution in [0, 0.1) is 5.92 Å². The maximum Gasteiger partial charge on any atom is 0.226 e. The van der Waals surface area contributed by atoms with Crippen molar-refractivity contribution in [3.63, 3.8) is 0 Å². The maximum atomic E-state index is 12.4. The van der Waals surface area contributed by atoms with E-state index in [9.17, 15) is 4.79 Å². The summed E-state index contributed by atoms with van der Waals surface area (Å²) in [7, 11) is 0. The van der Waals surface area contributed by atoms with Gasteiger partial charge in [-0.1, -0.05) is 59.6 Å². The predicted molar refractivity (Wildman–Crippen MR) is 111 cm³/mol. The average molecular weight is 413 g/mol. The third-order valence-corrected chi connectivity index (χ3v) is 5.35. The second-order valence-electron chi connectivity index (χ2n) is 6.68. The minimum atomic E-state index is -0.0683. The molecule has 2 aromatic carbocycles. The minimum absolute atomic E-state index is 0.0135. The zero-order valence-corrected chi connectivity index (χ0v) is 16.5. The highest BCUT2D eigenvalue weighted by molar-refractivity contribution is 6.35. The number of nitrogens with zero attached hydrogens (tertiary/aromatic N) is 3. The first kappa shape index (κ1) is 18.7. The Morgan fingerprint density at radius 3 is 2.61 bits per heavy atom. The Morgan fingerprint density at radius 2 is 1.86 bits per heavy atom. The highest BCUT2D eigenvalue weighted by Crippen LogP contribution is 2.26. The minimum Gasteiger partial charge on any atom is -0.355 e. The van der Waals surface area contributed by atoms with Crippen LogP contribution in [-0.2, 0) is 11.3 Å². The lowest BCUT2D eigenvalue weighted by atomic mass is 9.99. The molecule has 4 rings (SSSR count). The van der Waals surface area contributed by atoms with Crippen molar-refractivity contribution >= 4 is 34.9 Å². The molecule has 142 valence electrons. The van der Waals surface area contributed by atoms with Gasteiger partial charge in [0.2, 0.25) is 5.91 Å². The SMILES string of the molecule is O=C(NCc1ccc(Cl)cc1Cl)C1CN(c2cc(-c3ccccc3)ncn2)C1. The van der Waals surface area contributed by atoms with Crippen LogP contribution in [0.3, 0.4) is 0 Å². The van der Waals surface area contributed by atoms with Gasteiger partial charge in [-0.25, -0.2) is 9.97 Å². The van der Waals surface area contributed by atoms with Crippen molar-refractivity contribution in [2.75, 3.05) is 18.0 Å². The molecule has 1 aromatic heterocycles. The molecule has 0 atom stereocenters. The molecule has 0 unspecified atom stereocenters. The average Bonchev–Trinajstić information content (AvgIpc) is 2.67. The quantitative estimate of drug-likeness (QED) is 0.681. The first-order valence-electron chi connectivity index (χ1n) is 8.94. The summed E-state index contributed by atoms with van der Waals surface area (Å²) in [5, 5.41) is 4.08. The molecule has 0 aliphatic carbocycles. The summed E-state index contributed by atoms with van der Waals surface area (Å²) in [6.07, 6.45) is 1.56. The summed E-state index contributed by atoms with van der Waals surface area (Å²) in [6, 6.07) is 17.2. The Kier molecular flexibility index (Phi) is 5.46. The Morgan fingerprint density at radius 1 is 1.07 bits per heavy atom. The van der Waals surface area contributed by atoms with Crippen LogP contribution in [0.25, 0.3) is 11.3 Å². The van der Waals surface area contributed by atoms with Gasteiger partial charge in [-0.15, -0.1) is 0 Å². The van der Waals surface area contributed by atoms with Crippen LogP contribution in [0.4, 0.5) is 5.82 Å². The van der Waals surface area contributed by atoms with Crippen molar-refractivity contribution in [2.45, 2.75) is 6.54 Å². The molecule has 1 aliphatic heterocycles. The van der Waals surface area contributed by atoms with Gasteiger partial charge in [-0.2, -0.15) is 0 Å². The van der Waals surface area contributed by atoms with Crippen molar-refractivity contribution in [1.29, 1.82) is 0 Å². The number of halogens is 2. The standard InChI is InChI=1S/C21H18Cl2N4O/c22-17-7-6-15(18(23)8-17)10-24-21(28)16-11-27(12-16)20-9-19(25-13-26-20)14-4-2-1-3-5-14/h1-9,13,16H,10-12H2,(H,24,28). The van der Waals surface area contributed by atoms with Gasteiger partial charge < -0.3 is 10.2 Å². The van der Waals surface area contributed by atoms with Gasteiger partial charge in [-0.3, -0.25) is 4.79 Å². The lowest BCUT2D eigenvalue weighted by Crippen LogP contribution is -2.54. The first-order chi connectivity index (χ1) is 13.6. The molecule has 1 aliphatic rings. The number of nitrogens with one attached hydrogen (secondary N) is 1. The van der Waals surface area contributed by atoms with Crippen LogP contribution < -0.4 is 10.2 Å². The smallest absolute Gasteiger partial charge is 0.226 e. The zero-order valence-electron chi connectivity index (χ0n) is 15.0. The number of anilines is 1. The van der Waals surface area contributed by atoms with E-state index < -0.39 is 0 Å². The molecule has 0 bridgehead atoms. The normalized spacial score (nSPS) is 13.9. The van der Waals surface area contributed by atoms with E-state index in [0.717, 1.165) is 22.6 Å². The van der Waals surface area contributed by atoms with Crippen LogP contribution in [0.1, 0.15) is 5.56 Å². The summed E-state index contributed by atoms with van der Waals surface area (Å²) < 4.78 is 0. The Bertz CT molecular complexity index is 991. The van der Waals surface area contributed by atoms with E-state index >= 15 is 0 Å². The van der Waals surface area contributed by atoms with Gasteiger partial charge in [0, 0.05) is 41.3 Å². The number of benzene rings is 2. The molecule has 0 spiro atoms. The molecular formula is C21H18Cl2N4O. The molecule has 2 heterocycles. The number of hydrogen-bond acceptors (Lipinski definition) is 4. The molecule has 1 fully saturated rings. The summed E-state index contributed by atoms with van der Waals surface area (Å²) >= 11 is 12.0. The van der Waals surface area contributed by atoms with Gasteiger partial charge in [0.1, 0.15) is 12.1 Å². The number of rotatable bonds is 5. The highest BCUT2D eigenvalue weighted by Gasteiger charge is 2.33. The van der Waals surface area contributed by atoms with E-state index in [1.165, 1.54) is 0 Å². The third-order valence-electron chi connectivity index (χ3n) is 4.77. The molecule has 5 nitrogen and oxygen atoms in total. The number of aromatic nitrogens is 2. The van der Waals surface area contributed by atoms with E-state index in [2.05, 4.69) is 20.2 Å². The van der Waals surface area contributed by atoms with E-state index in [0.29, 0.717) is 29.7 Å². The Balaban J connectivity index is 1.33. The maximum absolute atomic E-state index is 12.4. The molecule has 1 saturated heterocycles. The second-order valence-corrected chi connectivity index (χ2v) is 7.53. The van der Waals surface area contributed by atoms with E-state index in [-0.39, 0.29) is 11.8 Å². The van der Waals surface area contributed by atoms with Gasteiger partial charge in [0.05, 0.1) is 11.6 Å². The van der Waals surface area contributed by atoms with Crippen LogP contribution >= 0.6 is 23.2 Å². The van der Waals surface area contributed by atoms with E-state index in [1.807, 2.05) is 42.5 Å².